The summed E-state index contributed by atoms with van der Waals surface area (Å²) in [6.45, 7) is 0. The summed E-state index contributed by atoms with van der Waals surface area (Å²) < 4.78 is 4.36. The van der Waals surface area contributed by atoms with Gasteiger partial charge in [0.15, 0.2) is 0 Å². The van der Waals surface area contributed by atoms with E-state index in [0.717, 1.165) is 0 Å². The van der Waals surface area contributed by atoms with Crippen molar-refractivity contribution in [3.63, 3.8) is 0 Å². The number of hydrogen-bond donors (Lipinski definition) is 2. The molecule has 0 aliphatic carbocycles. The van der Waals surface area contributed by atoms with Crippen LogP contribution < -0.4 is 4.65 Å². The van der Waals surface area contributed by atoms with Gasteiger partial charge in [0, 0.05) is 0 Å². The third kappa shape index (κ3) is 2.00. The molecular formula is C3H4BNO3S. The molecule has 0 unspecified atom stereocenters. The van der Waals surface area contributed by atoms with Gasteiger partial charge in [-0.15, -0.1) is 11.3 Å². The van der Waals surface area contributed by atoms with Crippen molar-refractivity contribution in [1.82, 2.24) is 4.98 Å². The quantitative estimate of drug-likeness (QED) is 0.550. The summed E-state index contributed by atoms with van der Waals surface area (Å²) >= 11 is 1.32. The minimum absolute atomic E-state index is 0.231. The minimum atomic E-state index is -1.77. The zero-order valence-electron chi connectivity index (χ0n) is 4.39. The summed E-state index contributed by atoms with van der Waals surface area (Å²) in [5, 5.41) is 18.0. The van der Waals surface area contributed by atoms with E-state index in [1.54, 1.807) is 5.38 Å². The number of rotatable bonds is 2. The van der Waals surface area contributed by atoms with Crippen molar-refractivity contribution in [2.75, 3.05) is 0 Å². The van der Waals surface area contributed by atoms with Crippen LogP contribution in [-0.4, -0.2) is 22.4 Å². The van der Waals surface area contributed by atoms with Gasteiger partial charge in [-0.05, 0) is 0 Å². The first-order valence-corrected chi connectivity index (χ1v) is 3.14. The van der Waals surface area contributed by atoms with Crippen LogP contribution in [0.25, 0.3) is 0 Å². The summed E-state index contributed by atoms with van der Waals surface area (Å²) in [4.78, 5) is 3.63. The van der Waals surface area contributed by atoms with E-state index in [4.69, 9.17) is 10.0 Å². The first kappa shape index (κ1) is 6.53. The highest BCUT2D eigenvalue weighted by molar-refractivity contribution is 7.07. The van der Waals surface area contributed by atoms with Gasteiger partial charge in [0.25, 0.3) is 0 Å². The second kappa shape index (κ2) is 2.81. The number of thiazole rings is 1. The summed E-state index contributed by atoms with van der Waals surface area (Å²) in [5.74, 6) is 0.231. The van der Waals surface area contributed by atoms with Crippen LogP contribution in [0.15, 0.2) is 10.9 Å². The maximum absolute atomic E-state index is 8.22. The van der Waals surface area contributed by atoms with E-state index < -0.39 is 7.32 Å². The van der Waals surface area contributed by atoms with Crippen LogP contribution >= 0.6 is 11.3 Å². The Bertz CT molecular complexity index is 166. The van der Waals surface area contributed by atoms with Crippen molar-refractivity contribution in [2.45, 2.75) is 0 Å². The summed E-state index contributed by atoms with van der Waals surface area (Å²) in [7, 11) is -1.77. The van der Waals surface area contributed by atoms with Gasteiger partial charge in [-0.1, -0.05) is 0 Å². The highest BCUT2D eigenvalue weighted by atomic mass is 32.1. The predicted octanol–water partition coefficient (Wildman–Crippen LogP) is -0.509. The van der Waals surface area contributed by atoms with Crippen LogP contribution in [0, 0.1) is 0 Å². The van der Waals surface area contributed by atoms with Crippen LogP contribution in [0.5, 0.6) is 5.88 Å². The lowest BCUT2D eigenvalue weighted by Gasteiger charge is -1.96. The monoisotopic (exact) mass is 145 g/mol. The highest BCUT2D eigenvalue weighted by Gasteiger charge is 2.11. The molecule has 0 aliphatic rings. The maximum Gasteiger partial charge on any atom is 0.708 e. The van der Waals surface area contributed by atoms with Gasteiger partial charge in [0.1, 0.15) is 0 Å². The van der Waals surface area contributed by atoms with Crippen LogP contribution in [0.4, 0.5) is 0 Å². The van der Waals surface area contributed by atoms with Crippen molar-refractivity contribution >= 4 is 18.7 Å². The molecular weight excluding hydrogens is 141 g/mol. The predicted molar refractivity (Wildman–Crippen MR) is 32.9 cm³/mol. The van der Waals surface area contributed by atoms with Gasteiger partial charge in [0.05, 0.1) is 10.9 Å². The van der Waals surface area contributed by atoms with Crippen molar-refractivity contribution in [1.29, 1.82) is 0 Å². The van der Waals surface area contributed by atoms with E-state index in [0.29, 0.717) is 0 Å². The Morgan fingerprint density at radius 2 is 2.44 bits per heavy atom. The van der Waals surface area contributed by atoms with Crippen LogP contribution in [0.3, 0.4) is 0 Å². The number of nitrogens with zero attached hydrogens (tertiary/aromatic N) is 1. The van der Waals surface area contributed by atoms with Crippen molar-refractivity contribution in [2.24, 2.45) is 0 Å². The standard InChI is InChI=1S/C3H4BNO3S/c6-4(7)8-3-1-9-2-5-3/h1-2,6-7H. The fourth-order valence-electron chi connectivity index (χ4n) is 0.368. The normalized spacial score (nSPS) is 9.11. The lowest BCUT2D eigenvalue weighted by molar-refractivity contribution is 0.284. The molecule has 0 aliphatic heterocycles. The van der Waals surface area contributed by atoms with Gasteiger partial charge < -0.3 is 14.7 Å². The van der Waals surface area contributed by atoms with E-state index in [1.165, 1.54) is 16.8 Å². The summed E-state index contributed by atoms with van der Waals surface area (Å²) in [6.07, 6.45) is 0. The summed E-state index contributed by atoms with van der Waals surface area (Å²) in [6, 6.07) is 0. The first-order valence-electron chi connectivity index (χ1n) is 2.20. The fraction of sp³-hybridized carbons (Fsp3) is 0. The first-order chi connectivity index (χ1) is 4.29. The maximum atomic E-state index is 8.22. The molecule has 0 saturated carbocycles. The van der Waals surface area contributed by atoms with E-state index in [2.05, 4.69) is 9.64 Å². The number of hydrogen-bond acceptors (Lipinski definition) is 5. The molecule has 9 heavy (non-hydrogen) atoms. The minimum Gasteiger partial charge on any atom is -0.497 e. The molecule has 0 atom stereocenters. The van der Waals surface area contributed by atoms with E-state index in [1.807, 2.05) is 0 Å². The molecule has 6 heteroatoms. The topological polar surface area (TPSA) is 62.6 Å². The lowest BCUT2D eigenvalue weighted by Crippen LogP contribution is -2.20. The van der Waals surface area contributed by atoms with Gasteiger partial charge >= 0.3 is 7.32 Å². The Kier molecular flexibility index (Phi) is 2.04. The third-order valence-electron chi connectivity index (χ3n) is 0.636. The Morgan fingerprint density at radius 1 is 1.67 bits per heavy atom. The number of aromatic nitrogens is 1. The van der Waals surface area contributed by atoms with Crippen molar-refractivity contribution in [3.8, 4) is 5.88 Å². The van der Waals surface area contributed by atoms with Gasteiger partial charge in [-0.3, -0.25) is 0 Å². The zero-order chi connectivity index (χ0) is 6.69. The summed E-state index contributed by atoms with van der Waals surface area (Å²) in [5.41, 5.74) is 1.54. The molecule has 0 aromatic carbocycles. The van der Waals surface area contributed by atoms with Gasteiger partial charge in [0.2, 0.25) is 5.88 Å². The second-order valence-electron chi connectivity index (χ2n) is 1.27. The highest BCUT2D eigenvalue weighted by Crippen LogP contribution is 2.08. The molecule has 0 saturated heterocycles. The lowest BCUT2D eigenvalue weighted by atomic mass is 10.3. The van der Waals surface area contributed by atoms with E-state index >= 15 is 0 Å². The molecule has 1 heterocycles. The molecule has 0 radical (unpaired) electrons. The molecule has 1 aromatic heterocycles. The van der Waals surface area contributed by atoms with Crippen molar-refractivity contribution < 1.29 is 14.7 Å². The zero-order valence-corrected chi connectivity index (χ0v) is 5.21. The van der Waals surface area contributed by atoms with E-state index in [-0.39, 0.29) is 5.88 Å². The van der Waals surface area contributed by atoms with Crippen LogP contribution in [0.1, 0.15) is 0 Å². The molecule has 0 amide bonds. The molecule has 48 valence electrons. The van der Waals surface area contributed by atoms with Crippen LogP contribution in [0.2, 0.25) is 0 Å². The second-order valence-corrected chi connectivity index (χ2v) is 1.99. The Labute approximate surface area is 55.9 Å². The smallest absolute Gasteiger partial charge is 0.497 e. The van der Waals surface area contributed by atoms with E-state index in [9.17, 15) is 0 Å². The molecule has 1 aromatic rings. The fourth-order valence-corrected chi connectivity index (χ4v) is 0.826. The molecule has 1 rings (SSSR count). The molecule has 2 N–H and O–H groups in total. The molecule has 4 nitrogen and oxygen atoms in total. The van der Waals surface area contributed by atoms with Crippen molar-refractivity contribution in [3.05, 3.63) is 10.9 Å². The molecule has 0 bridgehead atoms. The Balaban J connectivity index is 2.48. The Hall–Kier alpha value is -0.585. The molecule has 0 fully saturated rings. The SMILES string of the molecule is OB(O)Oc1cscn1. The van der Waals surface area contributed by atoms with Crippen LogP contribution in [-0.2, 0) is 0 Å². The average molecular weight is 145 g/mol. The van der Waals surface area contributed by atoms with Gasteiger partial charge in [-0.2, -0.15) is 0 Å². The largest absolute Gasteiger partial charge is 0.708 e. The molecule has 0 spiro atoms. The third-order valence-corrected chi connectivity index (χ3v) is 1.20. The van der Waals surface area contributed by atoms with Gasteiger partial charge in [-0.25, -0.2) is 4.98 Å². The Morgan fingerprint density at radius 3 is 2.89 bits per heavy atom. The average Bonchev–Trinajstić information content (AvgIpc) is 2.15.